The van der Waals surface area contributed by atoms with Crippen molar-refractivity contribution in [3.63, 3.8) is 0 Å². The lowest BCUT2D eigenvalue weighted by atomic mass is 9.72. The van der Waals surface area contributed by atoms with Crippen LogP contribution >= 0.6 is 0 Å². The summed E-state index contributed by atoms with van der Waals surface area (Å²) in [6.07, 6.45) is -1.45. The van der Waals surface area contributed by atoms with Gasteiger partial charge < -0.3 is 10.4 Å². The van der Waals surface area contributed by atoms with Crippen molar-refractivity contribution in [2.24, 2.45) is 0 Å². The lowest BCUT2D eigenvalue weighted by molar-refractivity contribution is -0.137. The largest absolute Gasteiger partial charge is 0.416 e. The van der Waals surface area contributed by atoms with Crippen molar-refractivity contribution in [2.75, 3.05) is 6.54 Å². The minimum absolute atomic E-state index is 0.00300. The lowest BCUT2D eigenvalue weighted by Gasteiger charge is -2.25. The number of benzene rings is 1. The number of fused-ring (bicyclic) bond motifs is 1. The molecule has 6 nitrogen and oxygen atoms in total. The fourth-order valence-electron chi connectivity index (χ4n) is 3.42. The highest BCUT2D eigenvalue weighted by Gasteiger charge is 2.35. The summed E-state index contributed by atoms with van der Waals surface area (Å²) < 4.78 is 54.6. The molecule has 0 saturated carbocycles. The molecule has 1 atom stereocenters. The Bertz CT molecular complexity index is 1140. The topological polar surface area (TPSA) is 80.0 Å². The molecule has 0 fully saturated rings. The SMILES string of the molecule is BC(O)(c1cc(F)cc(C(F)(F)F)c1)c1cc(-n2ncc3c2CCNC3=O)ccn1. The van der Waals surface area contributed by atoms with E-state index in [-0.39, 0.29) is 17.2 Å². The van der Waals surface area contributed by atoms with Crippen LogP contribution in [-0.4, -0.2) is 40.2 Å². The predicted molar refractivity (Wildman–Crippen MR) is 100 cm³/mol. The Balaban J connectivity index is 1.78. The molecule has 0 spiro atoms. The van der Waals surface area contributed by atoms with Crippen LogP contribution in [0.5, 0.6) is 0 Å². The standard InChI is InChI=1S/C19H15BF4N4O2/c20-18(30,10-5-11(19(22,23)24)7-12(21)6-10)16-8-13(1-3-25-16)28-15-2-4-26-17(29)14(15)9-27-28/h1,3,5-9,30H,2,4,20H2,(H,26,29). The summed E-state index contributed by atoms with van der Waals surface area (Å²) in [7, 11) is 1.24. The summed E-state index contributed by atoms with van der Waals surface area (Å²) in [6.45, 7) is 0.441. The first-order valence-electron chi connectivity index (χ1n) is 9.00. The van der Waals surface area contributed by atoms with Gasteiger partial charge in [0.2, 0.25) is 0 Å². The van der Waals surface area contributed by atoms with Crippen LogP contribution in [0, 0.1) is 5.82 Å². The van der Waals surface area contributed by atoms with Gasteiger partial charge in [-0.25, -0.2) is 9.07 Å². The molecule has 0 radical (unpaired) electrons. The average Bonchev–Trinajstić information content (AvgIpc) is 3.12. The van der Waals surface area contributed by atoms with E-state index in [4.69, 9.17) is 0 Å². The molecule has 1 aliphatic heterocycles. The van der Waals surface area contributed by atoms with E-state index in [1.165, 1.54) is 31.0 Å². The van der Waals surface area contributed by atoms with Crippen LogP contribution in [-0.2, 0) is 18.1 Å². The van der Waals surface area contributed by atoms with E-state index in [9.17, 15) is 27.5 Å². The Morgan fingerprint density at radius 3 is 2.63 bits per heavy atom. The molecule has 1 aromatic carbocycles. The van der Waals surface area contributed by atoms with E-state index < -0.39 is 23.1 Å². The third kappa shape index (κ3) is 3.45. The Morgan fingerprint density at radius 1 is 1.17 bits per heavy atom. The molecule has 0 bridgehead atoms. The summed E-state index contributed by atoms with van der Waals surface area (Å²) in [5.74, 6) is -1.37. The van der Waals surface area contributed by atoms with Crippen LogP contribution < -0.4 is 5.32 Å². The van der Waals surface area contributed by atoms with E-state index in [2.05, 4.69) is 15.4 Å². The van der Waals surface area contributed by atoms with Gasteiger partial charge in [-0.3, -0.25) is 9.78 Å². The first-order chi connectivity index (χ1) is 14.1. The van der Waals surface area contributed by atoms with Gasteiger partial charge in [0.1, 0.15) is 5.82 Å². The number of amides is 1. The number of carbonyl (C=O) groups is 1. The van der Waals surface area contributed by atoms with Gasteiger partial charge in [0.05, 0.1) is 39.9 Å². The molecular formula is C19H15BF4N4O2. The number of halogens is 4. The van der Waals surface area contributed by atoms with Gasteiger partial charge in [-0.05, 0) is 35.9 Å². The van der Waals surface area contributed by atoms with E-state index in [0.29, 0.717) is 42.0 Å². The third-order valence-electron chi connectivity index (χ3n) is 5.03. The maximum atomic E-state index is 13.8. The molecule has 2 N–H and O–H groups in total. The molecule has 1 unspecified atom stereocenters. The minimum Gasteiger partial charge on any atom is -0.388 e. The molecule has 0 saturated heterocycles. The zero-order valence-electron chi connectivity index (χ0n) is 15.7. The Morgan fingerprint density at radius 2 is 1.90 bits per heavy atom. The number of rotatable bonds is 3. The summed E-state index contributed by atoms with van der Waals surface area (Å²) >= 11 is 0. The predicted octanol–water partition coefficient (Wildman–Crippen LogP) is 1.54. The molecule has 4 rings (SSSR count). The minimum atomic E-state index is -4.77. The van der Waals surface area contributed by atoms with Crippen molar-refractivity contribution in [3.05, 3.63) is 76.6 Å². The molecule has 30 heavy (non-hydrogen) atoms. The normalized spacial score (nSPS) is 16.0. The Hall–Kier alpha value is -3.21. The second kappa shape index (κ2) is 6.94. The van der Waals surface area contributed by atoms with Gasteiger partial charge >= 0.3 is 6.18 Å². The number of aliphatic hydroxyl groups is 1. The first-order valence-corrected chi connectivity index (χ1v) is 9.00. The van der Waals surface area contributed by atoms with Crippen molar-refractivity contribution in [2.45, 2.75) is 18.1 Å². The van der Waals surface area contributed by atoms with Gasteiger partial charge in [-0.2, -0.15) is 18.3 Å². The van der Waals surface area contributed by atoms with Gasteiger partial charge in [-0.1, -0.05) is 0 Å². The Kier molecular flexibility index (Phi) is 4.65. The van der Waals surface area contributed by atoms with Gasteiger partial charge in [0.25, 0.3) is 5.91 Å². The van der Waals surface area contributed by atoms with Crippen molar-refractivity contribution < 1.29 is 27.5 Å². The highest BCUT2D eigenvalue weighted by atomic mass is 19.4. The number of nitrogens with zero attached hydrogens (tertiary/aromatic N) is 3. The van der Waals surface area contributed by atoms with Gasteiger partial charge in [0.15, 0.2) is 7.85 Å². The first kappa shape index (κ1) is 20.1. The van der Waals surface area contributed by atoms with Crippen LogP contribution in [0.2, 0.25) is 0 Å². The molecular weight excluding hydrogens is 403 g/mol. The van der Waals surface area contributed by atoms with Crippen LogP contribution in [0.3, 0.4) is 0 Å². The Labute approximate surface area is 169 Å². The van der Waals surface area contributed by atoms with Crippen LogP contribution in [0.15, 0.2) is 42.7 Å². The van der Waals surface area contributed by atoms with E-state index in [1.807, 2.05) is 0 Å². The van der Waals surface area contributed by atoms with Crippen molar-refractivity contribution in [3.8, 4) is 5.69 Å². The van der Waals surface area contributed by atoms with Crippen LogP contribution in [0.25, 0.3) is 5.69 Å². The fourth-order valence-corrected chi connectivity index (χ4v) is 3.42. The number of carbonyl (C=O) groups excluding carboxylic acids is 1. The van der Waals surface area contributed by atoms with Crippen molar-refractivity contribution >= 4 is 13.8 Å². The summed E-state index contributed by atoms with van der Waals surface area (Å²) in [4.78, 5) is 16.0. The second-order valence-corrected chi connectivity index (χ2v) is 7.12. The molecule has 3 heterocycles. The van der Waals surface area contributed by atoms with Gasteiger partial charge in [-0.15, -0.1) is 0 Å². The summed E-state index contributed by atoms with van der Waals surface area (Å²) in [5, 5.41) is 17.9. The number of aromatic nitrogens is 3. The zero-order valence-corrected chi connectivity index (χ0v) is 15.7. The van der Waals surface area contributed by atoms with Gasteiger partial charge in [0, 0.05) is 19.2 Å². The number of hydrogen-bond donors (Lipinski definition) is 2. The van der Waals surface area contributed by atoms with Crippen LogP contribution in [0.4, 0.5) is 17.6 Å². The molecule has 11 heteroatoms. The molecule has 0 aliphatic carbocycles. The van der Waals surface area contributed by atoms with Crippen molar-refractivity contribution in [1.82, 2.24) is 20.1 Å². The quantitative estimate of drug-likeness (QED) is 0.500. The maximum absolute atomic E-state index is 13.8. The summed E-state index contributed by atoms with van der Waals surface area (Å²) in [5.41, 5.74) is -1.95. The monoisotopic (exact) mass is 418 g/mol. The smallest absolute Gasteiger partial charge is 0.388 e. The number of alkyl halides is 3. The third-order valence-corrected chi connectivity index (χ3v) is 5.03. The molecule has 3 aromatic rings. The van der Waals surface area contributed by atoms with Crippen LogP contribution in [0.1, 0.15) is 32.9 Å². The molecule has 2 aromatic heterocycles. The molecule has 154 valence electrons. The molecule has 1 amide bonds. The number of pyridine rings is 1. The van der Waals surface area contributed by atoms with E-state index in [1.54, 1.807) is 6.07 Å². The van der Waals surface area contributed by atoms with E-state index in [0.717, 1.165) is 6.07 Å². The lowest BCUT2D eigenvalue weighted by Crippen LogP contribution is -2.32. The maximum Gasteiger partial charge on any atom is 0.416 e. The highest BCUT2D eigenvalue weighted by Crippen LogP contribution is 2.34. The fraction of sp³-hybridized carbons (Fsp3) is 0.211. The zero-order chi connectivity index (χ0) is 21.7. The number of nitrogens with one attached hydrogen (secondary N) is 1. The molecule has 1 aliphatic rings. The average molecular weight is 418 g/mol. The second-order valence-electron chi connectivity index (χ2n) is 7.12. The highest BCUT2D eigenvalue weighted by molar-refractivity contribution is 6.16. The van der Waals surface area contributed by atoms with E-state index >= 15 is 0 Å². The number of hydrogen-bond acceptors (Lipinski definition) is 4. The summed E-state index contributed by atoms with van der Waals surface area (Å²) in [6, 6.07) is 4.93. The van der Waals surface area contributed by atoms with Crippen molar-refractivity contribution in [1.29, 1.82) is 0 Å².